The van der Waals surface area contributed by atoms with Crippen LogP contribution in [-0.4, -0.2) is 24.6 Å². The molecule has 0 radical (unpaired) electrons. The van der Waals surface area contributed by atoms with Crippen LogP contribution in [0, 0.1) is 11.7 Å². The molecular formula is C15H21FN2O2. The van der Waals surface area contributed by atoms with Gasteiger partial charge in [0.15, 0.2) is 0 Å². The number of rotatable bonds is 4. The van der Waals surface area contributed by atoms with Crippen molar-refractivity contribution in [2.45, 2.75) is 33.7 Å². The van der Waals surface area contributed by atoms with E-state index in [-0.39, 0.29) is 17.6 Å². The van der Waals surface area contributed by atoms with Gasteiger partial charge in [-0.3, -0.25) is 10.1 Å². The molecule has 0 saturated heterocycles. The van der Waals surface area contributed by atoms with Crippen LogP contribution in [-0.2, 0) is 4.74 Å². The highest BCUT2D eigenvalue weighted by Gasteiger charge is 2.15. The van der Waals surface area contributed by atoms with E-state index in [1.807, 2.05) is 20.8 Å². The van der Waals surface area contributed by atoms with Gasteiger partial charge in [-0.05, 0) is 31.9 Å². The van der Waals surface area contributed by atoms with Gasteiger partial charge in [0, 0.05) is 0 Å². The zero-order valence-corrected chi connectivity index (χ0v) is 12.3. The number of ether oxygens (including phenoxy) is 1. The maximum atomic E-state index is 13.5. The molecule has 0 aliphatic rings. The van der Waals surface area contributed by atoms with Gasteiger partial charge in [0.25, 0.3) is 11.9 Å². The minimum absolute atomic E-state index is 0.00234. The standard InChI is InChI=1S/C15H21FN2O2/c1-5-20-15(17-11(4)10(2)3)18-14(19)12-8-6-7-9-13(12)16/h6-11H,5H2,1-4H3,(H,17,18,19)/t11-/m0/s1. The molecule has 0 spiro atoms. The molecule has 1 amide bonds. The van der Waals surface area contributed by atoms with E-state index < -0.39 is 11.7 Å². The van der Waals surface area contributed by atoms with Crippen molar-refractivity contribution in [1.82, 2.24) is 5.32 Å². The molecule has 0 aromatic heterocycles. The molecule has 0 aliphatic heterocycles. The quantitative estimate of drug-likeness (QED) is 0.681. The van der Waals surface area contributed by atoms with Crippen LogP contribution in [0.1, 0.15) is 38.1 Å². The lowest BCUT2D eigenvalue weighted by atomic mass is 10.1. The molecule has 1 aromatic carbocycles. The number of hydrogen-bond donors (Lipinski definition) is 1. The van der Waals surface area contributed by atoms with Crippen molar-refractivity contribution in [3.05, 3.63) is 35.6 Å². The van der Waals surface area contributed by atoms with Crippen molar-refractivity contribution in [2.24, 2.45) is 10.9 Å². The third-order valence-electron chi connectivity index (χ3n) is 2.91. The number of hydrogen-bond acceptors (Lipinski definition) is 3. The van der Waals surface area contributed by atoms with Gasteiger partial charge in [-0.15, -0.1) is 0 Å². The maximum absolute atomic E-state index is 13.5. The third-order valence-corrected chi connectivity index (χ3v) is 2.91. The van der Waals surface area contributed by atoms with E-state index in [0.717, 1.165) is 0 Å². The number of halogens is 1. The molecule has 20 heavy (non-hydrogen) atoms. The number of benzene rings is 1. The minimum atomic E-state index is -0.572. The van der Waals surface area contributed by atoms with Crippen LogP contribution >= 0.6 is 0 Å². The summed E-state index contributed by atoms with van der Waals surface area (Å²) >= 11 is 0. The summed E-state index contributed by atoms with van der Waals surface area (Å²) in [7, 11) is 0. The van der Waals surface area contributed by atoms with Crippen LogP contribution in [0.4, 0.5) is 4.39 Å². The third kappa shape index (κ3) is 4.64. The number of nitrogens with zero attached hydrogens (tertiary/aromatic N) is 1. The molecule has 0 unspecified atom stereocenters. The fourth-order valence-corrected chi connectivity index (χ4v) is 1.39. The first-order valence-corrected chi connectivity index (χ1v) is 6.72. The first kappa shape index (κ1) is 16.1. The molecule has 1 rings (SSSR count). The van der Waals surface area contributed by atoms with Crippen LogP contribution < -0.4 is 5.32 Å². The predicted octanol–water partition coefficient (Wildman–Crippen LogP) is 2.99. The summed E-state index contributed by atoms with van der Waals surface area (Å²) in [6, 6.07) is 5.92. The zero-order chi connectivity index (χ0) is 15.1. The van der Waals surface area contributed by atoms with Crippen molar-refractivity contribution in [1.29, 1.82) is 0 Å². The fraction of sp³-hybridized carbons (Fsp3) is 0.467. The van der Waals surface area contributed by atoms with E-state index >= 15 is 0 Å². The van der Waals surface area contributed by atoms with Crippen LogP contribution in [0.15, 0.2) is 29.3 Å². The summed E-state index contributed by atoms with van der Waals surface area (Å²) in [5.74, 6) is -0.820. The molecule has 1 atom stereocenters. The lowest BCUT2D eigenvalue weighted by molar-refractivity contribution is 0.0962. The Morgan fingerprint density at radius 3 is 2.55 bits per heavy atom. The molecule has 0 aliphatic carbocycles. The van der Waals surface area contributed by atoms with Gasteiger partial charge in [0.1, 0.15) is 5.82 Å². The average Bonchev–Trinajstić information content (AvgIpc) is 2.39. The largest absolute Gasteiger partial charge is 0.465 e. The number of carbonyl (C=O) groups is 1. The Hall–Kier alpha value is -1.91. The first-order valence-electron chi connectivity index (χ1n) is 6.72. The summed E-state index contributed by atoms with van der Waals surface area (Å²) in [6.45, 7) is 8.15. The smallest absolute Gasteiger partial charge is 0.291 e. The van der Waals surface area contributed by atoms with Gasteiger partial charge in [-0.25, -0.2) is 9.38 Å². The van der Waals surface area contributed by atoms with E-state index in [2.05, 4.69) is 10.3 Å². The molecule has 0 bridgehead atoms. The Labute approximate surface area is 119 Å². The molecule has 0 fully saturated rings. The Bertz CT molecular complexity index is 487. The fourth-order valence-electron chi connectivity index (χ4n) is 1.39. The summed E-state index contributed by atoms with van der Waals surface area (Å²) in [5, 5.41) is 2.51. The van der Waals surface area contributed by atoms with Crippen molar-refractivity contribution in [2.75, 3.05) is 6.61 Å². The Morgan fingerprint density at radius 1 is 1.35 bits per heavy atom. The topological polar surface area (TPSA) is 50.7 Å². The van der Waals surface area contributed by atoms with Crippen LogP contribution in [0.5, 0.6) is 0 Å². The van der Waals surface area contributed by atoms with E-state index in [4.69, 9.17) is 4.74 Å². The van der Waals surface area contributed by atoms with Gasteiger partial charge >= 0.3 is 0 Å². The van der Waals surface area contributed by atoms with Gasteiger partial charge in [-0.1, -0.05) is 26.0 Å². The highest BCUT2D eigenvalue weighted by molar-refractivity contribution is 6.04. The van der Waals surface area contributed by atoms with E-state index in [9.17, 15) is 9.18 Å². The van der Waals surface area contributed by atoms with Crippen molar-refractivity contribution in [3.8, 4) is 0 Å². The Morgan fingerprint density at radius 2 is 2.00 bits per heavy atom. The second-order valence-electron chi connectivity index (χ2n) is 4.79. The molecule has 1 aromatic rings. The number of carbonyl (C=O) groups excluding carboxylic acids is 1. The Balaban J connectivity index is 2.86. The van der Waals surface area contributed by atoms with Crippen LogP contribution in [0.2, 0.25) is 0 Å². The molecule has 0 saturated carbocycles. The SMILES string of the molecule is CCOC(=N[C@@H](C)C(C)C)NC(=O)c1ccccc1F. The lowest BCUT2D eigenvalue weighted by Crippen LogP contribution is -2.34. The molecule has 4 nitrogen and oxygen atoms in total. The molecule has 110 valence electrons. The first-order chi connectivity index (χ1) is 9.45. The number of amidine groups is 1. The average molecular weight is 280 g/mol. The summed E-state index contributed by atoms with van der Waals surface area (Å²) in [5.41, 5.74) is -0.0305. The second-order valence-corrected chi connectivity index (χ2v) is 4.79. The maximum Gasteiger partial charge on any atom is 0.291 e. The van der Waals surface area contributed by atoms with Gasteiger partial charge < -0.3 is 4.74 Å². The Kier molecular flexibility index (Phi) is 6.15. The number of amides is 1. The summed E-state index contributed by atoms with van der Waals surface area (Å²) in [4.78, 5) is 16.3. The summed E-state index contributed by atoms with van der Waals surface area (Å²) in [6.07, 6.45) is 0. The van der Waals surface area contributed by atoms with E-state index in [1.54, 1.807) is 13.0 Å². The van der Waals surface area contributed by atoms with E-state index in [0.29, 0.717) is 12.5 Å². The normalized spacial score (nSPS) is 13.2. The van der Waals surface area contributed by atoms with E-state index in [1.165, 1.54) is 18.2 Å². The molecule has 5 heteroatoms. The molecular weight excluding hydrogens is 259 g/mol. The van der Waals surface area contributed by atoms with Crippen molar-refractivity contribution in [3.63, 3.8) is 0 Å². The van der Waals surface area contributed by atoms with Crippen LogP contribution in [0.25, 0.3) is 0 Å². The number of aliphatic imine (C=N–C) groups is 1. The molecule has 1 N–H and O–H groups in total. The van der Waals surface area contributed by atoms with Gasteiger partial charge in [0.2, 0.25) is 0 Å². The van der Waals surface area contributed by atoms with Crippen molar-refractivity contribution >= 4 is 11.9 Å². The highest BCUT2D eigenvalue weighted by atomic mass is 19.1. The second kappa shape index (κ2) is 7.62. The van der Waals surface area contributed by atoms with Crippen LogP contribution in [0.3, 0.4) is 0 Å². The lowest BCUT2D eigenvalue weighted by Gasteiger charge is -2.14. The van der Waals surface area contributed by atoms with Crippen molar-refractivity contribution < 1.29 is 13.9 Å². The van der Waals surface area contributed by atoms with Gasteiger partial charge in [0.05, 0.1) is 18.2 Å². The zero-order valence-electron chi connectivity index (χ0n) is 12.3. The van der Waals surface area contributed by atoms with Gasteiger partial charge in [-0.2, -0.15) is 0 Å². The minimum Gasteiger partial charge on any atom is -0.465 e. The highest BCUT2D eigenvalue weighted by Crippen LogP contribution is 2.08. The molecule has 0 heterocycles. The predicted molar refractivity (Wildman–Crippen MR) is 77.2 cm³/mol. The number of nitrogens with one attached hydrogen (secondary N) is 1. The summed E-state index contributed by atoms with van der Waals surface area (Å²) < 4.78 is 18.8. The monoisotopic (exact) mass is 280 g/mol.